The van der Waals surface area contributed by atoms with Crippen LogP contribution in [-0.4, -0.2) is 69.4 Å². The van der Waals surface area contributed by atoms with E-state index in [0.717, 1.165) is 22.0 Å². The van der Waals surface area contributed by atoms with Gasteiger partial charge in [-0.3, -0.25) is 14.4 Å². The van der Waals surface area contributed by atoms with Gasteiger partial charge in [-0.25, -0.2) is 4.79 Å². The number of nitrogens with two attached hydrogens (primary N) is 1. The topological polar surface area (TPSA) is 158 Å². The summed E-state index contributed by atoms with van der Waals surface area (Å²) in [5.41, 5.74) is 9.06. The minimum atomic E-state index is -1.13. The molecule has 3 aromatic rings. The zero-order valence-electron chi connectivity index (χ0n) is 23.5. The van der Waals surface area contributed by atoms with E-state index >= 15 is 0 Å². The molecule has 0 radical (unpaired) electrons. The van der Waals surface area contributed by atoms with E-state index in [2.05, 4.69) is 15.6 Å². The molecule has 6 N–H and O–H groups in total. The highest BCUT2D eigenvalue weighted by atomic mass is 16.4. The van der Waals surface area contributed by atoms with Crippen LogP contribution in [0.3, 0.4) is 0 Å². The van der Waals surface area contributed by atoms with Gasteiger partial charge in [0.1, 0.15) is 18.1 Å². The second kappa shape index (κ2) is 13.5. The van der Waals surface area contributed by atoms with E-state index in [0.29, 0.717) is 25.8 Å². The Morgan fingerprint density at radius 3 is 2.41 bits per heavy atom. The maximum Gasteiger partial charge on any atom is 0.326 e. The average Bonchev–Trinajstić information content (AvgIpc) is 3.60. The third-order valence-electron chi connectivity index (χ3n) is 7.51. The van der Waals surface area contributed by atoms with E-state index in [1.807, 2.05) is 74.6 Å². The number of fused-ring (bicyclic) bond motifs is 1. The lowest BCUT2D eigenvalue weighted by molar-refractivity contribution is -0.143. The Balaban J connectivity index is 1.46. The molecular formula is C31H39N5O5. The summed E-state index contributed by atoms with van der Waals surface area (Å²) in [6.07, 6.45) is 3.68. The van der Waals surface area contributed by atoms with Crippen LogP contribution in [0.2, 0.25) is 0 Å². The largest absolute Gasteiger partial charge is 0.480 e. The van der Waals surface area contributed by atoms with Gasteiger partial charge in [-0.2, -0.15) is 0 Å². The fraction of sp³-hybridized carbons (Fsp3) is 0.419. The van der Waals surface area contributed by atoms with E-state index in [1.165, 1.54) is 4.90 Å². The van der Waals surface area contributed by atoms with Crippen LogP contribution in [-0.2, 0) is 32.0 Å². The Kier molecular flexibility index (Phi) is 9.78. The first-order valence-electron chi connectivity index (χ1n) is 14.1. The van der Waals surface area contributed by atoms with Crippen LogP contribution in [0.15, 0.2) is 60.8 Å². The predicted molar refractivity (Wildman–Crippen MR) is 156 cm³/mol. The maximum absolute atomic E-state index is 13.5. The highest BCUT2D eigenvalue weighted by Crippen LogP contribution is 2.22. The third kappa shape index (κ3) is 7.52. The number of carbonyl (C=O) groups excluding carboxylic acids is 3. The van der Waals surface area contributed by atoms with Crippen molar-refractivity contribution in [3.8, 4) is 0 Å². The first-order chi connectivity index (χ1) is 19.6. The Labute approximate surface area is 239 Å². The Hall–Kier alpha value is -4.18. The molecule has 1 aromatic heterocycles. The predicted octanol–water partition coefficient (Wildman–Crippen LogP) is 2.37. The molecular weight excluding hydrogens is 522 g/mol. The van der Waals surface area contributed by atoms with Crippen molar-refractivity contribution in [2.24, 2.45) is 11.7 Å². The lowest BCUT2D eigenvalue weighted by Crippen LogP contribution is -2.57. The molecule has 0 bridgehead atoms. The molecule has 3 amide bonds. The van der Waals surface area contributed by atoms with Crippen LogP contribution >= 0.6 is 0 Å². The van der Waals surface area contributed by atoms with Crippen LogP contribution in [0, 0.1) is 5.92 Å². The Morgan fingerprint density at radius 2 is 1.71 bits per heavy atom. The number of amides is 3. The van der Waals surface area contributed by atoms with Gasteiger partial charge >= 0.3 is 5.97 Å². The van der Waals surface area contributed by atoms with E-state index in [-0.39, 0.29) is 24.7 Å². The molecule has 4 rings (SSSR count). The number of hydrogen-bond donors (Lipinski definition) is 5. The van der Waals surface area contributed by atoms with Crippen molar-refractivity contribution in [3.63, 3.8) is 0 Å². The van der Waals surface area contributed by atoms with Crippen molar-refractivity contribution in [2.45, 2.75) is 70.1 Å². The molecule has 10 nitrogen and oxygen atoms in total. The summed E-state index contributed by atoms with van der Waals surface area (Å²) in [5.74, 6) is -2.44. The smallest absolute Gasteiger partial charge is 0.326 e. The second-order valence-electron chi connectivity index (χ2n) is 11.1. The summed E-state index contributed by atoms with van der Waals surface area (Å²) in [5, 5.41) is 16.0. The summed E-state index contributed by atoms with van der Waals surface area (Å²) in [6, 6.07) is 13.3. The molecule has 4 atom stereocenters. The molecule has 1 aliphatic heterocycles. The molecule has 0 saturated carbocycles. The number of hydrogen-bond acceptors (Lipinski definition) is 5. The Bertz CT molecular complexity index is 1370. The SMILES string of the molecule is CC(C)CC(NC(=O)C(Cc1ccccc1)NC(=O)C1CCCN1C(=O)C(N)Cc1c[nH]c2ccccc12)C(=O)O. The number of carboxylic acids is 1. The van der Waals surface area contributed by atoms with Crippen molar-refractivity contribution in [3.05, 3.63) is 71.9 Å². The number of aliphatic carboxylic acids is 1. The van der Waals surface area contributed by atoms with Gasteiger partial charge in [0, 0.05) is 30.1 Å². The first-order valence-corrected chi connectivity index (χ1v) is 14.1. The molecule has 0 spiro atoms. The van der Waals surface area contributed by atoms with Crippen molar-refractivity contribution in [2.75, 3.05) is 6.54 Å². The fourth-order valence-corrected chi connectivity index (χ4v) is 5.43. The molecule has 10 heteroatoms. The number of aromatic amines is 1. The van der Waals surface area contributed by atoms with Crippen LogP contribution in [0.4, 0.5) is 0 Å². The Morgan fingerprint density at radius 1 is 1.00 bits per heavy atom. The quantitative estimate of drug-likeness (QED) is 0.228. The van der Waals surface area contributed by atoms with Gasteiger partial charge in [-0.15, -0.1) is 0 Å². The van der Waals surface area contributed by atoms with E-state index in [1.54, 1.807) is 0 Å². The summed E-state index contributed by atoms with van der Waals surface area (Å²) < 4.78 is 0. The second-order valence-corrected chi connectivity index (χ2v) is 11.1. The number of nitrogens with zero attached hydrogens (tertiary/aromatic N) is 1. The van der Waals surface area contributed by atoms with E-state index in [4.69, 9.17) is 5.73 Å². The monoisotopic (exact) mass is 561 g/mol. The number of benzene rings is 2. The van der Waals surface area contributed by atoms with Gasteiger partial charge in [-0.05, 0) is 48.8 Å². The number of aromatic nitrogens is 1. The molecule has 218 valence electrons. The molecule has 0 aliphatic carbocycles. The highest BCUT2D eigenvalue weighted by molar-refractivity contribution is 5.95. The number of H-pyrrole nitrogens is 1. The molecule has 1 aliphatic rings. The standard InChI is InChI=1S/C31H39N5O5/c1-19(2)15-26(31(40)41)35-28(37)25(16-20-9-4-3-5-10-20)34-29(38)27-13-8-14-36(27)30(39)23(32)17-21-18-33-24-12-7-6-11-22(21)24/h3-7,9-12,18-19,23,25-27,33H,8,13-17,32H2,1-2H3,(H,34,38)(H,35,37)(H,40,41). The number of carboxylic acid groups (broad SMARTS) is 1. The van der Waals surface area contributed by atoms with Gasteiger partial charge in [0.2, 0.25) is 17.7 Å². The number of likely N-dealkylation sites (tertiary alicyclic amines) is 1. The van der Waals surface area contributed by atoms with Gasteiger partial charge < -0.3 is 31.4 Å². The van der Waals surface area contributed by atoms with Crippen molar-refractivity contribution in [1.29, 1.82) is 0 Å². The molecule has 41 heavy (non-hydrogen) atoms. The van der Waals surface area contributed by atoms with Gasteiger partial charge in [0.15, 0.2) is 0 Å². The van der Waals surface area contributed by atoms with Crippen LogP contribution in [0.25, 0.3) is 10.9 Å². The molecule has 1 saturated heterocycles. The zero-order valence-corrected chi connectivity index (χ0v) is 23.5. The van der Waals surface area contributed by atoms with E-state index in [9.17, 15) is 24.3 Å². The van der Waals surface area contributed by atoms with Crippen LogP contribution in [0.5, 0.6) is 0 Å². The average molecular weight is 562 g/mol. The van der Waals surface area contributed by atoms with E-state index < -0.39 is 42.0 Å². The van der Waals surface area contributed by atoms with Gasteiger partial charge in [0.25, 0.3) is 0 Å². The summed E-state index contributed by atoms with van der Waals surface area (Å²) in [4.78, 5) is 56.8. The van der Waals surface area contributed by atoms with Crippen molar-refractivity contribution < 1.29 is 24.3 Å². The lowest BCUT2D eigenvalue weighted by Gasteiger charge is -2.29. The normalized spacial score (nSPS) is 17.3. The first kappa shape index (κ1) is 29.8. The highest BCUT2D eigenvalue weighted by Gasteiger charge is 2.38. The molecule has 1 fully saturated rings. The third-order valence-corrected chi connectivity index (χ3v) is 7.51. The minimum absolute atomic E-state index is 0.0464. The summed E-state index contributed by atoms with van der Waals surface area (Å²) in [6.45, 7) is 4.14. The number of para-hydroxylation sites is 1. The summed E-state index contributed by atoms with van der Waals surface area (Å²) >= 11 is 0. The van der Waals surface area contributed by atoms with Gasteiger partial charge in [-0.1, -0.05) is 62.4 Å². The number of carbonyl (C=O) groups is 4. The maximum atomic E-state index is 13.5. The van der Waals surface area contributed by atoms with Gasteiger partial charge in [0.05, 0.1) is 6.04 Å². The number of nitrogens with one attached hydrogen (secondary N) is 3. The van der Waals surface area contributed by atoms with Crippen LogP contribution in [0.1, 0.15) is 44.2 Å². The zero-order chi connectivity index (χ0) is 29.5. The molecule has 4 unspecified atom stereocenters. The minimum Gasteiger partial charge on any atom is -0.480 e. The van der Waals surface area contributed by atoms with Crippen molar-refractivity contribution in [1.82, 2.24) is 20.5 Å². The fourth-order valence-electron chi connectivity index (χ4n) is 5.43. The molecule has 2 aromatic carbocycles. The number of rotatable bonds is 12. The summed E-state index contributed by atoms with van der Waals surface area (Å²) in [7, 11) is 0. The van der Waals surface area contributed by atoms with Crippen molar-refractivity contribution >= 4 is 34.6 Å². The molecule has 2 heterocycles. The lowest BCUT2D eigenvalue weighted by atomic mass is 10.0. The van der Waals surface area contributed by atoms with Crippen LogP contribution < -0.4 is 16.4 Å².